The predicted molar refractivity (Wildman–Crippen MR) is 113 cm³/mol. The normalized spacial score (nSPS) is 11.7. The van der Waals surface area contributed by atoms with Gasteiger partial charge in [0.05, 0.1) is 0 Å². The smallest absolute Gasteiger partial charge is 0.194 e. The molecule has 0 spiro atoms. The van der Waals surface area contributed by atoms with E-state index in [0.29, 0.717) is 6.54 Å². The number of nitrogens with zero attached hydrogens (tertiary/aromatic N) is 5. The number of halogens is 1. The number of guanidine groups is 1. The van der Waals surface area contributed by atoms with Crippen molar-refractivity contribution < 1.29 is 0 Å². The minimum atomic E-state index is 0.507. The SMILES string of the molecule is CSCCCNC(=NCc1nnc(C)n1C)N(C)Cc1ccc(Br)cc1. The first kappa shape index (κ1) is 20.8. The average molecular weight is 439 g/mol. The van der Waals surface area contributed by atoms with Crippen LogP contribution >= 0.6 is 27.7 Å². The maximum atomic E-state index is 4.77. The molecule has 6 nitrogen and oxygen atoms in total. The molecule has 1 heterocycles. The molecule has 1 aromatic carbocycles. The van der Waals surface area contributed by atoms with E-state index >= 15 is 0 Å². The van der Waals surface area contributed by atoms with Gasteiger partial charge in [0.25, 0.3) is 0 Å². The van der Waals surface area contributed by atoms with Crippen molar-refractivity contribution >= 4 is 33.7 Å². The van der Waals surface area contributed by atoms with Crippen LogP contribution in [0.25, 0.3) is 0 Å². The standard InChI is InChI=1S/C18H27BrN6S/c1-14-22-23-17(25(14)3)12-21-18(20-10-5-11-26-4)24(2)13-15-6-8-16(19)9-7-15/h6-9H,5,10-13H2,1-4H3,(H,20,21). The zero-order valence-electron chi connectivity index (χ0n) is 15.9. The number of hydrogen-bond acceptors (Lipinski definition) is 4. The van der Waals surface area contributed by atoms with Crippen LogP contribution in [0.3, 0.4) is 0 Å². The van der Waals surface area contributed by atoms with Gasteiger partial charge in [-0.25, -0.2) is 4.99 Å². The Balaban J connectivity index is 2.06. The summed E-state index contributed by atoms with van der Waals surface area (Å²) in [6, 6.07) is 8.37. The van der Waals surface area contributed by atoms with Crippen LogP contribution in [0.4, 0.5) is 0 Å². The summed E-state index contributed by atoms with van der Waals surface area (Å²) in [5, 5.41) is 11.8. The van der Waals surface area contributed by atoms with Gasteiger partial charge in [-0.05, 0) is 43.0 Å². The van der Waals surface area contributed by atoms with Gasteiger partial charge in [0, 0.05) is 31.7 Å². The minimum Gasteiger partial charge on any atom is -0.356 e. The monoisotopic (exact) mass is 438 g/mol. The maximum absolute atomic E-state index is 4.77. The summed E-state index contributed by atoms with van der Waals surface area (Å²) in [7, 11) is 4.03. The summed E-state index contributed by atoms with van der Waals surface area (Å²) in [4.78, 5) is 6.92. The number of hydrogen-bond donors (Lipinski definition) is 1. The van der Waals surface area contributed by atoms with Crippen molar-refractivity contribution in [3.05, 3.63) is 46.0 Å². The average Bonchev–Trinajstić information content (AvgIpc) is 2.95. The van der Waals surface area contributed by atoms with Gasteiger partial charge < -0.3 is 14.8 Å². The van der Waals surface area contributed by atoms with Gasteiger partial charge in [-0.2, -0.15) is 11.8 Å². The molecule has 0 fully saturated rings. The van der Waals surface area contributed by atoms with E-state index in [9.17, 15) is 0 Å². The molecule has 0 unspecified atom stereocenters. The van der Waals surface area contributed by atoms with Crippen molar-refractivity contribution in [1.82, 2.24) is 25.0 Å². The van der Waals surface area contributed by atoms with Crippen molar-refractivity contribution in [2.75, 3.05) is 25.6 Å². The van der Waals surface area contributed by atoms with E-state index in [1.165, 1.54) is 5.56 Å². The molecule has 0 aliphatic rings. The predicted octanol–water partition coefficient (Wildman–Crippen LogP) is 3.22. The van der Waals surface area contributed by atoms with Crippen molar-refractivity contribution in [3.63, 3.8) is 0 Å². The number of aryl methyl sites for hydroxylation is 1. The topological polar surface area (TPSA) is 58.3 Å². The molecule has 0 saturated carbocycles. The fraction of sp³-hybridized carbons (Fsp3) is 0.500. The van der Waals surface area contributed by atoms with Gasteiger partial charge in [-0.15, -0.1) is 10.2 Å². The number of benzene rings is 1. The number of rotatable bonds is 8. The van der Waals surface area contributed by atoms with E-state index in [-0.39, 0.29) is 0 Å². The highest BCUT2D eigenvalue weighted by Crippen LogP contribution is 2.12. The third-order valence-corrected chi connectivity index (χ3v) is 5.28. The lowest BCUT2D eigenvalue weighted by atomic mass is 10.2. The van der Waals surface area contributed by atoms with Crippen LogP contribution in [0, 0.1) is 6.92 Å². The van der Waals surface area contributed by atoms with E-state index in [0.717, 1.165) is 47.3 Å². The molecule has 0 amide bonds. The number of thioether (sulfide) groups is 1. The molecule has 0 aliphatic heterocycles. The Hall–Kier alpha value is -1.54. The van der Waals surface area contributed by atoms with Crippen LogP contribution in [0.2, 0.25) is 0 Å². The molecule has 2 aromatic rings. The lowest BCUT2D eigenvalue weighted by Crippen LogP contribution is -2.39. The number of nitrogens with one attached hydrogen (secondary N) is 1. The zero-order chi connectivity index (χ0) is 18.9. The Bertz CT molecular complexity index is 713. The maximum Gasteiger partial charge on any atom is 0.194 e. The fourth-order valence-corrected chi connectivity index (χ4v) is 3.10. The largest absolute Gasteiger partial charge is 0.356 e. The van der Waals surface area contributed by atoms with E-state index in [2.05, 4.69) is 73.9 Å². The second kappa shape index (κ2) is 10.6. The lowest BCUT2D eigenvalue weighted by molar-refractivity contribution is 0.474. The Morgan fingerprint density at radius 3 is 2.65 bits per heavy atom. The molecule has 8 heteroatoms. The highest BCUT2D eigenvalue weighted by molar-refractivity contribution is 9.10. The highest BCUT2D eigenvalue weighted by Gasteiger charge is 2.09. The molecule has 0 radical (unpaired) electrons. The van der Waals surface area contributed by atoms with E-state index in [1.807, 2.05) is 30.3 Å². The molecule has 0 saturated heterocycles. The van der Waals surface area contributed by atoms with Crippen molar-refractivity contribution in [2.45, 2.75) is 26.4 Å². The first-order valence-corrected chi connectivity index (χ1v) is 10.8. The fourth-order valence-electron chi connectivity index (χ4n) is 2.40. The summed E-state index contributed by atoms with van der Waals surface area (Å²) in [6.45, 7) is 4.15. The summed E-state index contributed by atoms with van der Waals surface area (Å²) < 4.78 is 3.06. The van der Waals surface area contributed by atoms with Crippen LogP contribution in [-0.4, -0.2) is 51.2 Å². The molecule has 26 heavy (non-hydrogen) atoms. The Morgan fingerprint density at radius 1 is 1.31 bits per heavy atom. The zero-order valence-corrected chi connectivity index (χ0v) is 18.3. The molecule has 0 aliphatic carbocycles. The van der Waals surface area contributed by atoms with E-state index < -0.39 is 0 Å². The van der Waals surface area contributed by atoms with Crippen molar-refractivity contribution in [3.8, 4) is 0 Å². The molecule has 1 aromatic heterocycles. The van der Waals surface area contributed by atoms with Gasteiger partial charge in [-0.3, -0.25) is 0 Å². The van der Waals surface area contributed by atoms with Crippen molar-refractivity contribution in [2.24, 2.45) is 12.0 Å². The Kier molecular flexibility index (Phi) is 8.44. The second-order valence-corrected chi connectivity index (χ2v) is 8.02. The van der Waals surface area contributed by atoms with E-state index in [4.69, 9.17) is 4.99 Å². The molecule has 2 rings (SSSR count). The molecule has 142 valence electrons. The number of aromatic nitrogens is 3. The van der Waals surface area contributed by atoms with Crippen LogP contribution in [0.1, 0.15) is 23.6 Å². The van der Waals surface area contributed by atoms with Gasteiger partial charge in [0.2, 0.25) is 0 Å². The molecule has 0 bridgehead atoms. The third-order valence-electron chi connectivity index (χ3n) is 4.06. The van der Waals surface area contributed by atoms with Crippen molar-refractivity contribution in [1.29, 1.82) is 0 Å². The highest BCUT2D eigenvalue weighted by atomic mass is 79.9. The molecular formula is C18H27BrN6S. The molecular weight excluding hydrogens is 412 g/mol. The molecule has 0 atom stereocenters. The number of aliphatic imine (C=N–C) groups is 1. The van der Waals surface area contributed by atoms with E-state index in [1.54, 1.807) is 0 Å². The summed E-state index contributed by atoms with van der Waals surface area (Å²) >= 11 is 5.34. The summed E-state index contributed by atoms with van der Waals surface area (Å²) in [6.07, 6.45) is 3.24. The van der Waals surface area contributed by atoms with Crippen LogP contribution in [0.5, 0.6) is 0 Å². The molecule has 1 N–H and O–H groups in total. The Morgan fingerprint density at radius 2 is 2.04 bits per heavy atom. The summed E-state index contributed by atoms with van der Waals surface area (Å²) in [5.74, 6) is 3.78. The third kappa shape index (κ3) is 6.32. The minimum absolute atomic E-state index is 0.507. The Labute approximate surface area is 168 Å². The quantitative estimate of drug-likeness (QED) is 0.389. The van der Waals surface area contributed by atoms with Crippen LogP contribution in [0.15, 0.2) is 33.7 Å². The lowest BCUT2D eigenvalue weighted by Gasteiger charge is -2.22. The second-order valence-electron chi connectivity index (χ2n) is 6.12. The summed E-state index contributed by atoms with van der Waals surface area (Å²) in [5.41, 5.74) is 1.24. The van der Waals surface area contributed by atoms with Gasteiger partial charge in [-0.1, -0.05) is 28.1 Å². The first-order valence-electron chi connectivity index (χ1n) is 8.59. The van der Waals surface area contributed by atoms with Gasteiger partial charge in [0.1, 0.15) is 12.4 Å². The van der Waals surface area contributed by atoms with Crippen LogP contribution < -0.4 is 5.32 Å². The first-order chi connectivity index (χ1) is 12.5. The van der Waals surface area contributed by atoms with Gasteiger partial charge >= 0.3 is 0 Å². The van der Waals surface area contributed by atoms with Crippen LogP contribution in [-0.2, 0) is 20.1 Å². The van der Waals surface area contributed by atoms with Gasteiger partial charge in [0.15, 0.2) is 11.8 Å².